The van der Waals surface area contributed by atoms with Crippen LogP contribution in [0.15, 0.2) is 53.0 Å². The average molecular weight is 486 g/mol. The Labute approximate surface area is 177 Å². The quantitative estimate of drug-likeness (QED) is 0.631. The summed E-state index contributed by atoms with van der Waals surface area (Å²) in [5.74, 6) is -1.74. The molecule has 0 spiro atoms. The van der Waals surface area contributed by atoms with Gasteiger partial charge >= 0.3 is 12.4 Å². The van der Waals surface area contributed by atoms with Crippen molar-refractivity contribution in [1.82, 2.24) is 10.2 Å². The monoisotopic (exact) mass is 485 g/mol. The van der Waals surface area contributed by atoms with E-state index in [1.807, 2.05) is 0 Å². The minimum Gasteiger partial charge on any atom is -0.406 e. The number of hydrogen-bond acceptors (Lipinski definition) is 4. The average Bonchev–Trinajstić information content (AvgIpc) is 2.86. The van der Waals surface area contributed by atoms with Crippen LogP contribution < -0.4 is 15.4 Å². The topological polar surface area (TPSA) is 87.7 Å². The van der Waals surface area contributed by atoms with Crippen LogP contribution in [0.1, 0.15) is 12.5 Å². The van der Waals surface area contributed by atoms with E-state index in [1.165, 1.54) is 19.1 Å². The summed E-state index contributed by atoms with van der Waals surface area (Å²) in [4.78, 5) is 38.2. The zero-order valence-corrected chi connectivity index (χ0v) is 17.0. The zero-order valence-electron chi connectivity index (χ0n) is 15.4. The number of benzene rings is 2. The summed E-state index contributed by atoms with van der Waals surface area (Å²) in [6.07, 6.45) is -4.82. The van der Waals surface area contributed by atoms with Crippen molar-refractivity contribution in [2.24, 2.45) is 0 Å². The van der Waals surface area contributed by atoms with Crippen LogP contribution in [-0.4, -0.2) is 35.7 Å². The molecule has 0 unspecified atom stereocenters. The van der Waals surface area contributed by atoms with E-state index in [0.29, 0.717) is 5.56 Å². The Bertz CT molecular complexity index is 997. The first-order valence-electron chi connectivity index (χ1n) is 8.54. The smallest absolute Gasteiger partial charge is 0.406 e. The molecule has 2 aromatic carbocycles. The van der Waals surface area contributed by atoms with Crippen molar-refractivity contribution < 1.29 is 32.3 Å². The van der Waals surface area contributed by atoms with Gasteiger partial charge in [0.25, 0.3) is 5.91 Å². The van der Waals surface area contributed by atoms with Crippen LogP contribution in [0.25, 0.3) is 0 Å². The number of imide groups is 1. The maximum atomic E-state index is 12.8. The standard InChI is InChI=1S/C19H15BrF3N3O4/c1-18(11-3-2-4-12(20)9-11)16(28)26(17(29)25-18)10-15(27)24-13-5-7-14(8-6-13)30-19(21,22)23/h2-9H,10H2,1H3,(H,24,27)(H,25,29)/t18-/m1/s1. The number of anilines is 1. The molecule has 4 amide bonds. The van der Waals surface area contributed by atoms with Crippen molar-refractivity contribution in [2.75, 3.05) is 11.9 Å². The van der Waals surface area contributed by atoms with Crippen molar-refractivity contribution in [3.63, 3.8) is 0 Å². The second-order valence-electron chi connectivity index (χ2n) is 6.58. The highest BCUT2D eigenvalue weighted by atomic mass is 79.9. The van der Waals surface area contributed by atoms with E-state index in [2.05, 4.69) is 31.3 Å². The van der Waals surface area contributed by atoms with E-state index in [4.69, 9.17) is 0 Å². The molecular weight excluding hydrogens is 471 g/mol. The lowest BCUT2D eigenvalue weighted by Gasteiger charge is -2.22. The number of carbonyl (C=O) groups excluding carboxylic acids is 3. The van der Waals surface area contributed by atoms with Crippen LogP contribution in [0.3, 0.4) is 0 Å². The van der Waals surface area contributed by atoms with E-state index >= 15 is 0 Å². The Hall–Kier alpha value is -3.08. The summed E-state index contributed by atoms with van der Waals surface area (Å²) in [6, 6.07) is 10.6. The maximum Gasteiger partial charge on any atom is 0.573 e. The Kier molecular flexibility index (Phi) is 5.75. The normalized spacial score (nSPS) is 18.9. The van der Waals surface area contributed by atoms with Crippen LogP contribution >= 0.6 is 15.9 Å². The van der Waals surface area contributed by atoms with Gasteiger partial charge in [-0.15, -0.1) is 13.2 Å². The van der Waals surface area contributed by atoms with E-state index in [-0.39, 0.29) is 5.69 Å². The minimum absolute atomic E-state index is 0.177. The first-order chi connectivity index (χ1) is 14.0. The molecule has 2 N–H and O–H groups in total. The van der Waals surface area contributed by atoms with Crippen LogP contribution in [0, 0.1) is 0 Å². The predicted octanol–water partition coefficient (Wildman–Crippen LogP) is 3.75. The van der Waals surface area contributed by atoms with Crippen molar-refractivity contribution in [3.8, 4) is 5.75 Å². The van der Waals surface area contributed by atoms with Gasteiger partial charge in [0.05, 0.1) is 0 Å². The van der Waals surface area contributed by atoms with Gasteiger partial charge in [0, 0.05) is 10.2 Å². The zero-order chi connectivity index (χ0) is 22.1. The molecule has 0 aromatic heterocycles. The molecule has 0 saturated carbocycles. The van der Waals surface area contributed by atoms with Gasteiger partial charge in [0.1, 0.15) is 17.8 Å². The highest BCUT2D eigenvalue weighted by Gasteiger charge is 2.49. The molecule has 158 valence electrons. The van der Waals surface area contributed by atoms with Gasteiger partial charge < -0.3 is 15.4 Å². The minimum atomic E-state index is -4.82. The summed E-state index contributed by atoms with van der Waals surface area (Å²) in [5, 5.41) is 5.00. The fourth-order valence-corrected chi connectivity index (χ4v) is 3.32. The van der Waals surface area contributed by atoms with E-state index in [9.17, 15) is 27.6 Å². The Morgan fingerprint density at radius 3 is 2.47 bits per heavy atom. The lowest BCUT2D eigenvalue weighted by Crippen LogP contribution is -2.42. The molecule has 11 heteroatoms. The largest absolute Gasteiger partial charge is 0.573 e. The van der Waals surface area contributed by atoms with E-state index in [0.717, 1.165) is 21.5 Å². The van der Waals surface area contributed by atoms with Crippen LogP contribution in [0.4, 0.5) is 23.7 Å². The molecule has 30 heavy (non-hydrogen) atoms. The number of rotatable bonds is 5. The number of hydrogen-bond donors (Lipinski definition) is 2. The van der Waals surface area contributed by atoms with E-state index in [1.54, 1.807) is 24.3 Å². The van der Waals surface area contributed by atoms with Crippen molar-refractivity contribution in [3.05, 3.63) is 58.6 Å². The SMILES string of the molecule is C[C@]1(c2cccc(Br)c2)NC(=O)N(CC(=O)Nc2ccc(OC(F)(F)F)cc2)C1=O. The molecular formula is C19H15BrF3N3O4. The third kappa shape index (κ3) is 4.73. The first kappa shape index (κ1) is 21.6. The van der Waals surface area contributed by atoms with Crippen LogP contribution in [0.5, 0.6) is 5.75 Å². The lowest BCUT2D eigenvalue weighted by molar-refractivity contribution is -0.274. The van der Waals surface area contributed by atoms with Crippen LogP contribution in [-0.2, 0) is 15.1 Å². The van der Waals surface area contributed by atoms with Crippen molar-refractivity contribution in [1.29, 1.82) is 0 Å². The Morgan fingerprint density at radius 1 is 1.20 bits per heavy atom. The molecule has 1 saturated heterocycles. The Balaban J connectivity index is 1.67. The second-order valence-corrected chi connectivity index (χ2v) is 7.49. The number of urea groups is 1. The highest BCUT2D eigenvalue weighted by Crippen LogP contribution is 2.30. The number of nitrogens with one attached hydrogen (secondary N) is 2. The number of halogens is 4. The van der Waals surface area contributed by atoms with Gasteiger partial charge in [-0.05, 0) is 48.9 Å². The van der Waals surface area contributed by atoms with E-state index < -0.39 is 42.0 Å². The molecule has 1 heterocycles. The molecule has 1 aliphatic heterocycles. The van der Waals surface area contributed by atoms with Gasteiger partial charge in [-0.3, -0.25) is 14.5 Å². The first-order valence-corrected chi connectivity index (χ1v) is 9.33. The summed E-state index contributed by atoms with van der Waals surface area (Å²) < 4.78 is 41.0. The highest BCUT2D eigenvalue weighted by molar-refractivity contribution is 9.10. The van der Waals surface area contributed by atoms with Gasteiger partial charge in [0.2, 0.25) is 5.91 Å². The summed E-state index contributed by atoms with van der Waals surface area (Å²) in [5.41, 5.74) is -0.618. The molecule has 3 rings (SSSR count). The third-order valence-electron chi connectivity index (χ3n) is 4.35. The number of nitrogens with zero attached hydrogens (tertiary/aromatic N) is 1. The fourth-order valence-electron chi connectivity index (χ4n) is 2.92. The number of amides is 4. The fraction of sp³-hybridized carbons (Fsp3) is 0.211. The molecule has 2 aromatic rings. The number of carbonyl (C=O) groups is 3. The summed E-state index contributed by atoms with van der Waals surface area (Å²) in [6.45, 7) is 0.974. The number of ether oxygens (including phenoxy) is 1. The predicted molar refractivity (Wildman–Crippen MR) is 103 cm³/mol. The van der Waals surface area contributed by atoms with Gasteiger partial charge in [0.15, 0.2) is 0 Å². The Morgan fingerprint density at radius 2 is 1.87 bits per heavy atom. The number of alkyl halides is 3. The van der Waals surface area contributed by atoms with Crippen molar-refractivity contribution in [2.45, 2.75) is 18.8 Å². The molecule has 0 radical (unpaired) electrons. The van der Waals surface area contributed by atoms with Gasteiger partial charge in [-0.1, -0.05) is 28.1 Å². The molecule has 1 aliphatic rings. The summed E-state index contributed by atoms with van der Waals surface area (Å²) >= 11 is 3.31. The van der Waals surface area contributed by atoms with Gasteiger partial charge in [-0.2, -0.15) is 0 Å². The molecule has 7 nitrogen and oxygen atoms in total. The molecule has 0 bridgehead atoms. The third-order valence-corrected chi connectivity index (χ3v) is 4.84. The molecule has 1 fully saturated rings. The maximum absolute atomic E-state index is 12.8. The van der Waals surface area contributed by atoms with Gasteiger partial charge in [-0.25, -0.2) is 4.79 Å². The second kappa shape index (κ2) is 7.98. The lowest BCUT2D eigenvalue weighted by atomic mass is 9.92. The van der Waals surface area contributed by atoms with Crippen LogP contribution in [0.2, 0.25) is 0 Å². The molecule has 1 atom stereocenters. The van der Waals surface area contributed by atoms with Crippen molar-refractivity contribution >= 4 is 39.5 Å². The summed E-state index contributed by atoms with van der Waals surface area (Å²) in [7, 11) is 0. The molecule has 0 aliphatic carbocycles.